The average Bonchev–Trinajstić information content (AvgIpc) is 2.57. The van der Waals surface area contributed by atoms with Gasteiger partial charge in [0.05, 0.1) is 0 Å². The van der Waals surface area contributed by atoms with E-state index in [-0.39, 0.29) is 36.4 Å². The molecule has 0 aromatic heterocycles. The van der Waals surface area contributed by atoms with Crippen molar-refractivity contribution in [1.29, 1.82) is 0 Å². The van der Waals surface area contributed by atoms with Crippen LogP contribution in [0.4, 0.5) is 14.9 Å². The van der Waals surface area contributed by atoms with Gasteiger partial charge in [-0.2, -0.15) is 0 Å². The van der Waals surface area contributed by atoms with Crippen LogP contribution in [0.25, 0.3) is 0 Å². The Labute approximate surface area is 188 Å². The molecule has 0 aliphatic heterocycles. The van der Waals surface area contributed by atoms with E-state index in [9.17, 15) is 14.0 Å². The van der Waals surface area contributed by atoms with Crippen LogP contribution >= 0.6 is 24.0 Å². The van der Waals surface area contributed by atoms with Gasteiger partial charge in [0.1, 0.15) is 18.0 Å². The highest BCUT2D eigenvalue weighted by Gasteiger charge is 2.15. The molecular formula is C19H31FIN5O3. The minimum atomic E-state index is -0.528. The first kappa shape index (κ1) is 26.9. The molecule has 0 radical (unpaired) electrons. The number of carbonyl (C=O) groups is 2. The van der Waals surface area contributed by atoms with E-state index in [1.165, 1.54) is 18.2 Å². The summed E-state index contributed by atoms with van der Waals surface area (Å²) in [6.45, 7) is 8.84. The molecule has 0 heterocycles. The number of amides is 2. The van der Waals surface area contributed by atoms with Crippen LogP contribution in [0.1, 0.15) is 34.1 Å². The Bertz CT molecular complexity index is 680. The molecule has 0 fully saturated rings. The number of hydrogen-bond donors (Lipinski definition) is 4. The average molecular weight is 523 g/mol. The van der Waals surface area contributed by atoms with Gasteiger partial charge in [0.25, 0.3) is 0 Å². The lowest BCUT2D eigenvalue weighted by atomic mass is 10.2. The van der Waals surface area contributed by atoms with Gasteiger partial charge in [0.15, 0.2) is 5.96 Å². The number of carbonyl (C=O) groups excluding carboxylic acids is 2. The summed E-state index contributed by atoms with van der Waals surface area (Å²) in [6.07, 6.45) is 0.196. The molecule has 0 saturated carbocycles. The Balaban J connectivity index is 0.00000784. The number of guanidine groups is 1. The summed E-state index contributed by atoms with van der Waals surface area (Å²) in [5, 5.41) is 11.4. The zero-order valence-electron chi connectivity index (χ0n) is 17.3. The lowest BCUT2D eigenvalue weighted by Gasteiger charge is -2.19. The summed E-state index contributed by atoms with van der Waals surface area (Å²) < 4.78 is 18.3. The summed E-state index contributed by atoms with van der Waals surface area (Å²) in [6, 6.07) is 5.67. The maximum atomic E-state index is 13.1. The third kappa shape index (κ3) is 13.7. The van der Waals surface area contributed by atoms with Crippen molar-refractivity contribution < 1.29 is 18.7 Å². The fourth-order valence-corrected chi connectivity index (χ4v) is 2.06. The standard InChI is InChI=1S/C19H30FN5O3.HI/c1-5-21-17(22-10-7-11-23-18(27)28-19(2,3)4)24-13-16(26)25-15-9-6-8-14(20)12-15;/h6,8-9,12H,5,7,10-11,13H2,1-4H3,(H,23,27)(H,25,26)(H2,21,22,24);1H. The lowest BCUT2D eigenvalue weighted by Crippen LogP contribution is -2.39. The van der Waals surface area contributed by atoms with E-state index in [0.29, 0.717) is 37.7 Å². The van der Waals surface area contributed by atoms with Crippen molar-refractivity contribution in [3.63, 3.8) is 0 Å². The van der Waals surface area contributed by atoms with Crippen molar-refractivity contribution in [3.8, 4) is 0 Å². The van der Waals surface area contributed by atoms with Gasteiger partial charge in [0, 0.05) is 25.3 Å². The molecule has 0 spiro atoms. The predicted molar refractivity (Wildman–Crippen MR) is 123 cm³/mol. The quantitative estimate of drug-likeness (QED) is 0.182. The Kier molecular flexibility index (Phi) is 12.9. The molecule has 164 valence electrons. The van der Waals surface area contributed by atoms with E-state index in [1.54, 1.807) is 26.8 Å². The minimum absolute atomic E-state index is 0. The van der Waals surface area contributed by atoms with Crippen molar-refractivity contribution in [1.82, 2.24) is 16.0 Å². The Morgan fingerprint density at radius 1 is 1.14 bits per heavy atom. The number of nitrogens with one attached hydrogen (secondary N) is 4. The van der Waals surface area contributed by atoms with Crippen LogP contribution in [0, 0.1) is 5.82 Å². The Morgan fingerprint density at radius 3 is 2.45 bits per heavy atom. The summed E-state index contributed by atoms with van der Waals surface area (Å²) >= 11 is 0. The molecule has 0 atom stereocenters. The van der Waals surface area contributed by atoms with Crippen LogP contribution in [0.15, 0.2) is 29.3 Å². The SMILES string of the molecule is CCNC(=NCC(=O)Nc1cccc(F)c1)NCCCNC(=O)OC(C)(C)C.I. The van der Waals surface area contributed by atoms with Crippen molar-refractivity contribution in [3.05, 3.63) is 30.1 Å². The monoisotopic (exact) mass is 523 g/mol. The van der Waals surface area contributed by atoms with E-state index in [1.807, 2.05) is 6.92 Å². The zero-order chi connectivity index (χ0) is 21.0. The van der Waals surface area contributed by atoms with Gasteiger partial charge in [-0.1, -0.05) is 6.07 Å². The number of benzene rings is 1. The molecule has 1 rings (SSSR count). The van der Waals surface area contributed by atoms with Crippen LogP contribution in [-0.2, 0) is 9.53 Å². The van der Waals surface area contributed by atoms with E-state index >= 15 is 0 Å². The molecule has 10 heteroatoms. The predicted octanol–water partition coefficient (Wildman–Crippen LogP) is 2.85. The number of halogens is 2. The number of alkyl carbamates (subject to hydrolysis) is 1. The normalized spacial score (nSPS) is 11.1. The number of rotatable bonds is 8. The van der Waals surface area contributed by atoms with Gasteiger partial charge in [0.2, 0.25) is 5.91 Å². The molecule has 29 heavy (non-hydrogen) atoms. The molecular weight excluding hydrogens is 492 g/mol. The highest BCUT2D eigenvalue weighted by molar-refractivity contribution is 14.0. The first-order chi connectivity index (χ1) is 13.2. The van der Waals surface area contributed by atoms with E-state index in [4.69, 9.17) is 4.74 Å². The van der Waals surface area contributed by atoms with Crippen LogP contribution in [0.5, 0.6) is 0 Å². The third-order valence-electron chi connectivity index (χ3n) is 3.15. The van der Waals surface area contributed by atoms with Gasteiger partial charge >= 0.3 is 6.09 Å². The summed E-state index contributed by atoms with van der Waals surface area (Å²) in [7, 11) is 0. The molecule has 4 N–H and O–H groups in total. The fraction of sp³-hybridized carbons (Fsp3) is 0.526. The highest BCUT2D eigenvalue weighted by atomic mass is 127. The number of hydrogen-bond acceptors (Lipinski definition) is 4. The van der Waals surface area contributed by atoms with Crippen LogP contribution < -0.4 is 21.3 Å². The summed E-state index contributed by atoms with van der Waals surface area (Å²) in [4.78, 5) is 27.7. The minimum Gasteiger partial charge on any atom is -0.444 e. The molecule has 0 aliphatic carbocycles. The van der Waals surface area contributed by atoms with Gasteiger partial charge in [-0.25, -0.2) is 14.2 Å². The van der Waals surface area contributed by atoms with Crippen molar-refractivity contribution >= 4 is 47.6 Å². The largest absolute Gasteiger partial charge is 0.444 e. The van der Waals surface area contributed by atoms with Crippen molar-refractivity contribution in [2.45, 2.75) is 39.7 Å². The second-order valence-corrected chi connectivity index (χ2v) is 6.96. The maximum absolute atomic E-state index is 13.1. The van der Waals surface area contributed by atoms with Gasteiger partial charge in [-0.15, -0.1) is 24.0 Å². The number of aliphatic imine (C=N–C) groups is 1. The van der Waals surface area contributed by atoms with Gasteiger partial charge < -0.3 is 26.0 Å². The molecule has 0 saturated heterocycles. The number of ether oxygens (including phenoxy) is 1. The Morgan fingerprint density at radius 2 is 1.83 bits per heavy atom. The van der Waals surface area contributed by atoms with Gasteiger partial charge in [-0.3, -0.25) is 4.79 Å². The fourth-order valence-electron chi connectivity index (χ4n) is 2.06. The van der Waals surface area contributed by atoms with Crippen molar-refractivity contribution in [2.75, 3.05) is 31.5 Å². The van der Waals surface area contributed by atoms with E-state index in [0.717, 1.165) is 0 Å². The number of anilines is 1. The smallest absolute Gasteiger partial charge is 0.407 e. The first-order valence-electron chi connectivity index (χ1n) is 9.24. The second kappa shape index (κ2) is 14.0. The molecule has 1 aromatic rings. The first-order valence-corrected chi connectivity index (χ1v) is 9.24. The van der Waals surface area contributed by atoms with Gasteiger partial charge in [-0.05, 0) is 52.3 Å². The molecule has 0 aliphatic rings. The van der Waals surface area contributed by atoms with Crippen LogP contribution in [-0.4, -0.2) is 49.7 Å². The molecule has 0 bridgehead atoms. The van der Waals surface area contributed by atoms with Crippen LogP contribution in [0.2, 0.25) is 0 Å². The van der Waals surface area contributed by atoms with Crippen molar-refractivity contribution in [2.24, 2.45) is 4.99 Å². The zero-order valence-corrected chi connectivity index (χ0v) is 19.6. The lowest BCUT2D eigenvalue weighted by molar-refractivity contribution is -0.114. The Hall–Kier alpha value is -2.11. The highest BCUT2D eigenvalue weighted by Crippen LogP contribution is 2.08. The van der Waals surface area contributed by atoms with E-state index in [2.05, 4.69) is 26.3 Å². The maximum Gasteiger partial charge on any atom is 0.407 e. The molecule has 2 amide bonds. The third-order valence-corrected chi connectivity index (χ3v) is 3.15. The molecule has 8 nitrogen and oxygen atoms in total. The van der Waals surface area contributed by atoms with Crippen LogP contribution in [0.3, 0.4) is 0 Å². The summed E-state index contributed by atoms with van der Waals surface area (Å²) in [5.74, 6) is -0.292. The number of nitrogens with zero attached hydrogens (tertiary/aromatic N) is 1. The topological polar surface area (TPSA) is 104 Å². The molecule has 1 aromatic carbocycles. The second-order valence-electron chi connectivity index (χ2n) is 6.96. The molecule has 0 unspecified atom stereocenters. The van der Waals surface area contributed by atoms with E-state index < -0.39 is 17.5 Å². The summed E-state index contributed by atoms with van der Waals surface area (Å²) in [5.41, 5.74) is -0.148.